The summed E-state index contributed by atoms with van der Waals surface area (Å²) in [5.41, 5.74) is 0. The van der Waals surface area contributed by atoms with Crippen LogP contribution in [0, 0.1) is 10.4 Å². The van der Waals surface area contributed by atoms with Gasteiger partial charge < -0.3 is 0 Å². The number of alkyl halides is 1. The molecule has 0 radical (unpaired) electrons. The fourth-order valence-corrected chi connectivity index (χ4v) is 1.56. The first-order valence-electron chi connectivity index (χ1n) is 3.16. The van der Waals surface area contributed by atoms with E-state index >= 15 is 0 Å². The summed E-state index contributed by atoms with van der Waals surface area (Å²) in [6, 6.07) is 0. The summed E-state index contributed by atoms with van der Waals surface area (Å²) >= 11 is 0.0979. The zero-order valence-corrected chi connectivity index (χ0v) is 7.94. The molecule has 54 valence electrons. The maximum absolute atomic E-state index is 5.12. The molecule has 0 atom stereocenters. The normalized spacial score (nSPS) is 9.33. The van der Waals surface area contributed by atoms with Crippen LogP contribution in [0.3, 0.4) is 0 Å². The third-order valence-corrected chi connectivity index (χ3v) is 2.65. The second kappa shape index (κ2) is 8.25. The van der Waals surface area contributed by atoms with Crippen molar-refractivity contribution in [1.82, 2.24) is 5.32 Å². The van der Waals surface area contributed by atoms with Crippen LogP contribution in [0.1, 0.15) is 13.3 Å². The number of rotatable bonds is 5. The van der Waals surface area contributed by atoms with Crippen molar-refractivity contribution < 1.29 is 21.2 Å². The average Bonchev–Trinajstić information content (AvgIpc) is 1.89. The van der Waals surface area contributed by atoms with Crippen LogP contribution < -0.4 is 26.5 Å². The van der Waals surface area contributed by atoms with Gasteiger partial charge in [0.2, 0.25) is 0 Å². The van der Waals surface area contributed by atoms with Crippen LogP contribution in [0.4, 0.5) is 0 Å². The van der Waals surface area contributed by atoms with E-state index in [-0.39, 0.29) is 21.2 Å². The molecule has 0 saturated carbocycles. The van der Waals surface area contributed by atoms with E-state index in [9.17, 15) is 0 Å². The van der Waals surface area contributed by atoms with Gasteiger partial charge in [-0.15, -0.1) is 0 Å². The van der Waals surface area contributed by atoms with Gasteiger partial charge in [-0.1, -0.05) is 0 Å². The summed E-state index contributed by atoms with van der Waals surface area (Å²) in [5.74, 6) is 0. The average molecular weight is 238 g/mol. The Kier molecular flexibility index (Phi) is 8.48. The Bertz CT molecular complexity index is 85.4. The minimum atomic E-state index is 0.0979. The number of hydrogen-bond acceptors (Lipinski definition) is 1. The van der Waals surface area contributed by atoms with Crippen LogP contribution >= 0.6 is 0 Å². The summed E-state index contributed by atoms with van der Waals surface area (Å²) < 4.78 is 3.99. The molecule has 1 nitrogen and oxygen atoms in total. The van der Waals surface area contributed by atoms with Crippen molar-refractivity contribution in [3.63, 3.8) is 0 Å². The molecular formula is C7H13IN-. The number of halogens is 1. The molecule has 0 fully saturated rings. The van der Waals surface area contributed by atoms with Gasteiger partial charge >= 0.3 is 67.7 Å². The van der Waals surface area contributed by atoms with Crippen molar-refractivity contribution >= 4 is 0 Å². The van der Waals surface area contributed by atoms with E-state index in [0.717, 1.165) is 13.1 Å². The SMILES string of the molecule is C#C[I-]CCCNCC. The van der Waals surface area contributed by atoms with E-state index in [4.69, 9.17) is 6.42 Å². The molecule has 0 bridgehead atoms. The van der Waals surface area contributed by atoms with E-state index in [2.05, 4.69) is 16.2 Å². The molecule has 0 aliphatic carbocycles. The Hall–Kier alpha value is 0.250. The maximum atomic E-state index is 5.12. The Morgan fingerprint density at radius 2 is 2.44 bits per heavy atom. The molecule has 0 spiro atoms. The Morgan fingerprint density at radius 3 is 3.00 bits per heavy atom. The topological polar surface area (TPSA) is 12.0 Å². The fourth-order valence-electron chi connectivity index (χ4n) is 0.490. The number of hydrogen-bond donors (Lipinski definition) is 1. The zero-order valence-electron chi connectivity index (χ0n) is 5.78. The first-order chi connectivity index (χ1) is 4.41. The first kappa shape index (κ1) is 9.25. The Morgan fingerprint density at radius 1 is 1.67 bits per heavy atom. The second-order valence-corrected chi connectivity index (χ2v) is 4.10. The third kappa shape index (κ3) is 8.25. The summed E-state index contributed by atoms with van der Waals surface area (Å²) in [5, 5.41) is 3.26. The van der Waals surface area contributed by atoms with Crippen molar-refractivity contribution in [1.29, 1.82) is 0 Å². The van der Waals surface area contributed by atoms with Gasteiger partial charge in [-0.25, -0.2) is 0 Å². The van der Waals surface area contributed by atoms with Gasteiger partial charge in [-0.05, 0) is 0 Å². The van der Waals surface area contributed by atoms with Crippen LogP contribution in [-0.2, 0) is 0 Å². The molecule has 0 aromatic rings. The first-order valence-corrected chi connectivity index (χ1v) is 5.76. The van der Waals surface area contributed by atoms with Gasteiger partial charge in [0.1, 0.15) is 0 Å². The Balaban J connectivity index is 2.69. The molecule has 9 heavy (non-hydrogen) atoms. The van der Waals surface area contributed by atoms with E-state index < -0.39 is 0 Å². The molecule has 0 heterocycles. The summed E-state index contributed by atoms with van der Waals surface area (Å²) in [6.45, 7) is 4.34. The van der Waals surface area contributed by atoms with Gasteiger partial charge in [-0.3, -0.25) is 0 Å². The van der Waals surface area contributed by atoms with Crippen molar-refractivity contribution in [2.75, 3.05) is 17.5 Å². The van der Waals surface area contributed by atoms with E-state index in [1.165, 1.54) is 10.8 Å². The van der Waals surface area contributed by atoms with Crippen LogP contribution in [0.5, 0.6) is 0 Å². The molecule has 0 saturated heterocycles. The standard InChI is InChI=1S/C7H13IN/c1-3-8-6-5-7-9-4-2/h1,9H,4-7H2,2H3/q-1. The van der Waals surface area contributed by atoms with Crippen LogP contribution in [0.25, 0.3) is 0 Å². The van der Waals surface area contributed by atoms with E-state index in [1.807, 2.05) is 0 Å². The zero-order chi connectivity index (χ0) is 6.95. The van der Waals surface area contributed by atoms with Gasteiger partial charge in [0.05, 0.1) is 0 Å². The molecule has 0 aromatic heterocycles. The quantitative estimate of drug-likeness (QED) is 0.245. The minimum absolute atomic E-state index is 0.0979. The molecular weight excluding hydrogens is 225 g/mol. The predicted molar refractivity (Wildman–Crippen MR) is 36.9 cm³/mol. The summed E-state index contributed by atoms with van der Waals surface area (Å²) in [4.78, 5) is 0. The second-order valence-electron chi connectivity index (χ2n) is 1.64. The predicted octanol–water partition coefficient (Wildman–Crippen LogP) is -2.33. The van der Waals surface area contributed by atoms with Gasteiger partial charge in [-0.2, -0.15) is 0 Å². The molecule has 2 heteroatoms. The monoisotopic (exact) mass is 238 g/mol. The van der Waals surface area contributed by atoms with Crippen molar-refractivity contribution in [3.05, 3.63) is 0 Å². The molecule has 0 aliphatic rings. The summed E-state index contributed by atoms with van der Waals surface area (Å²) in [7, 11) is 0. The molecule has 0 rings (SSSR count). The molecule has 1 N–H and O–H groups in total. The molecule has 0 aromatic carbocycles. The van der Waals surface area contributed by atoms with Crippen molar-refractivity contribution in [2.24, 2.45) is 0 Å². The van der Waals surface area contributed by atoms with Crippen LogP contribution in [-0.4, -0.2) is 17.5 Å². The number of terminal acetylenes is 1. The molecule has 0 aliphatic heterocycles. The fraction of sp³-hybridized carbons (Fsp3) is 0.714. The van der Waals surface area contributed by atoms with Gasteiger partial charge in [0.15, 0.2) is 0 Å². The van der Waals surface area contributed by atoms with Crippen molar-refractivity contribution in [2.45, 2.75) is 13.3 Å². The van der Waals surface area contributed by atoms with Crippen LogP contribution in [0.2, 0.25) is 0 Å². The van der Waals surface area contributed by atoms with E-state index in [1.54, 1.807) is 0 Å². The third-order valence-electron chi connectivity index (χ3n) is 0.909. The van der Waals surface area contributed by atoms with Crippen molar-refractivity contribution in [3.8, 4) is 10.4 Å². The van der Waals surface area contributed by atoms with Crippen LogP contribution in [0.15, 0.2) is 0 Å². The van der Waals surface area contributed by atoms with E-state index in [0.29, 0.717) is 0 Å². The number of nitrogens with one attached hydrogen (secondary N) is 1. The van der Waals surface area contributed by atoms with Gasteiger partial charge in [0.25, 0.3) is 0 Å². The van der Waals surface area contributed by atoms with Gasteiger partial charge in [0, 0.05) is 0 Å². The Labute approximate surface area is 67.9 Å². The molecule has 0 amide bonds. The molecule has 0 unspecified atom stereocenters. The summed E-state index contributed by atoms with van der Waals surface area (Å²) in [6.07, 6.45) is 6.38.